The van der Waals surface area contributed by atoms with Gasteiger partial charge in [0.2, 0.25) is 6.79 Å². The molecule has 1 atom stereocenters. The summed E-state index contributed by atoms with van der Waals surface area (Å²) in [5.41, 5.74) is 1.28. The number of ether oxygens (including phenoxy) is 2. The number of hydrogen-bond donors (Lipinski definition) is 1. The fraction of sp³-hybridized carbons (Fsp3) is 0.429. The largest absolute Gasteiger partial charge is 0.454 e. The minimum atomic E-state index is 0.337. The normalized spacial score (nSPS) is 14.6. The van der Waals surface area contributed by atoms with Crippen LogP contribution in [0.4, 0.5) is 0 Å². The van der Waals surface area contributed by atoms with E-state index in [-0.39, 0.29) is 0 Å². The first kappa shape index (κ1) is 13.4. The highest BCUT2D eigenvalue weighted by atomic mass is 79.9. The van der Waals surface area contributed by atoms with Gasteiger partial charge in [-0.2, -0.15) is 0 Å². The van der Waals surface area contributed by atoms with Crippen LogP contribution in [0.15, 0.2) is 29.3 Å². The van der Waals surface area contributed by atoms with Gasteiger partial charge in [-0.3, -0.25) is 0 Å². The molecule has 1 aliphatic heterocycles. The molecule has 0 radical (unpaired) electrons. The molecule has 0 spiro atoms. The molecule has 1 aromatic rings. The molecule has 0 amide bonds. The topological polar surface area (TPSA) is 30.5 Å². The van der Waals surface area contributed by atoms with Gasteiger partial charge in [-0.25, -0.2) is 0 Å². The van der Waals surface area contributed by atoms with Crippen molar-refractivity contribution in [2.45, 2.75) is 25.8 Å². The van der Waals surface area contributed by atoms with Crippen LogP contribution >= 0.6 is 15.9 Å². The van der Waals surface area contributed by atoms with Gasteiger partial charge in [0.15, 0.2) is 11.5 Å². The Morgan fingerprint density at radius 2 is 2.22 bits per heavy atom. The Hall–Kier alpha value is -1.00. The lowest BCUT2D eigenvalue weighted by Gasteiger charge is -2.13. The summed E-state index contributed by atoms with van der Waals surface area (Å²) in [6, 6.07) is 6.61. The van der Waals surface area contributed by atoms with Crippen molar-refractivity contribution in [3.63, 3.8) is 0 Å². The second-order valence-electron chi connectivity index (χ2n) is 4.53. The van der Waals surface area contributed by atoms with Crippen molar-refractivity contribution >= 4 is 15.9 Å². The zero-order chi connectivity index (χ0) is 13.0. The van der Waals surface area contributed by atoms with Crippen LogP contribution in [0, 0.1) is 0 Å². The molecule has 0 fully saturated rings. The molecule has 1 heterocycles. The molecular formula is C14H18BrNO2. The Balaban J connectivity index is 1.81. The summed E-state index contributed by atoms with van der Waals surface area (Å²) in [6.07, 6.45) is 2.11. The molecule has 1 N–H and O–H groups in total. The number of fused-ring (bicyclic) bond motifs is 1. The fourth-order valence-electron chi connectivity index (χ4n) is 1.87. The van der Waals surface area contributed by atoms with Gasteiger partial charge < -0.3 is 14.8 Å². The van der Waals surface area contributed by atoms with Crippen LogP contribution in [0.1, 0.15) is 18.9 Å². The first-order valence-electron chi connectivity index (χ1n) is 6.10. The molecular weight excluding hydrogens is 294 g/mol. The van der Waals surface area contributed by atoms with Crippen LogP contribution in [-0.2, 0) is 6.42 Å². The Bertz CT molecular complexity index is 434. The van der Waals surface area contributed by atoms with Crippen LogP contribution in [0.3, 0.4) is 0 Å². The van der Waals surface area contributed by atoms with Gasteiger partial charge in [-0.15, -0.1) is 0 Å². The average Bonchev–Trinajstić information content (AvgIpc) is 2.81. The molecule has 0 saturated carbocycles. The van der Waals surface area contributed by atoms with E-state index in [0.717, 1.165) is 35.4 Å². The van der Waals surface area contributed by atoms with Gasteiger partial charge in [0.05, 0.1) is 0 Å². The maximum absolute atomic E-state index is 5.37. The van der Waals surface area contributed by atoms with E-state index in [2.05, 4.69) is 46.9 Å². The van der Waals surface area contributed by atoms with E-state index in [1.54, 1.807) is 0 Å². The van der Waals surface area contributed by atoms with E-state index >= 15 is 0 Å². The van der Waals surface area contributed by atoms with E-state index < -0.39 is 0 Å². The molecule has 1 unspecified atom stereocenters. The summed E-state index contributed by atoms with van der Waals surface area (Å²) in [7, 11) is 0. The minimum Gasteiger partial charge on any atom is -0.454 e. The van der Waals surface area contributed by atoms with E-state index in [9.17, 15) is 0 Å². The van der Waals surface area contributed by atoms with Crippen molar-refractivity contribution in [2.75, 3.05) is 13.3 Å². The third-order valence-corrected chi connectivity index (χ3v) is 3.23. The Morgan fingerprint density at radius 1 is 1.44 bits per heavy atom. The van der Waals surface area contributed by atoms with Gasteiger partial charge in [0, 0.05) is 17.1 Å². The fourth-order valence-corrected chi connectivity index (χ4v) is 2.03. The summed E-state index contributed by atoms with van der Waals surface area (Å²) < 4.78 is 11.6. The highest BCUT2D eigenvalue weighted by Crippen LogP contribution is 2.32. The highest BCUT2D eigenvalue weighted by Gasteiger charge is 2.13. The van der Waals surface area contributed by atoms with E-state index in [1.807, 2.05) is 6.07 Å². The molecule has 2 rings (SSSR count). The van der Waals surface area contributed by atoms with Crippen molar-refractivity contribution in [3.05, 3.63) is 34.8 Å². The maximum Gasteiger partial charge on any atom is 0.231 e. The van der Waals surface area contributed by atoms with E-state index in [4.69, 9.17) is 9.47 Å². The monoisotopic (exact) mass is 311 g/mol. The van der Waals surface area contributed by atoms with Crippen molar-refractivity contribution in [3.8, 4) is 11.5 Å². The summed E-state index contributed by atoms with van der Waals surface area (Å²) in [5, 5.41) is 3.40. The summed E-state index contributed by atoms with van der Waals surface area (Å²) in [6.45, 7) is 7.14. The van der Waals surface area contributed by atoms with Crippen LogP contribution in [0.5, 0.6) is 11.5 Å². The molecule has 18 heavy (non-hydrogen) atoms. The Labute approximate surface area is 116 Å². The lowest BCUT2D eigenvalue weighted by molar-refractivity contribution is 0.174. The van der Waals surface area contributed by atoms with Gasteiger partial charge in [0.1, 0.15) is 0 Å². The van der Waals surface area contributed by atoms with Crippen molar-refractivity contribution in [1.29, 1.82) is 0 Å². The van der Waals surface area contributed by atoms with Crippen LogP contribution < -0.4 is 14.8 Å². The first-order chi connectivity index (χ1) is 8.65. The molecule has 4 heteroatoms. The molecule has 0 bridgehead atoms. The Kier molecular flexibility index (Phi) is 4.66. The second-order valence-corrected chi connectivity index (χ2v) is 5.65. The lowest BCUT2D eigenvalue weighted by atomic mass is 10.1. The van der Waals surface area contributed by atoms with Gasteiger partial charge in [0.25, 0.3) is 0 Å². The zero-order valence-corrected chi connectivity index (χ0v) is 12.1. The van der Waals surface area contributed by atoms with Crippen LogP contribution in [0.25, 0.3) is 0 Å². The molecule has 0 saturated heterocycles. The number of nitrogens with one attached hydrogen (secondary N) is 1. The molecule has 98 valence electrons. The predicted octanol–water partition coefficient (Wildman–Crippen LogP) is 3.23. The van der Waals surface area contributed by atoms with Gasteiger partial charge in [-0.1, -0.05) is 28.6 Å². The smallest absolute Gasteiger partial charge is 0.231 e. The third-order valence-electron chi connectivity index (χ3n) is 2.95. The first-order valence-corrected chi connectivity index (χ1v) is 6.89. The summed E-state index contributed by atoms with van der Waals surface area (Å²) in [4.78, 5) is 0. The summed E-state index contributed by atoms with van der Waals surface area (Å²) >= 11 is 3.35. The van der Waals surface area contributed by atoms with E-state index in [1.165, 1.54) is 5.56 Å². The summed E-state index contributed by atoms with van der Waals surface area (Å²) in [5.74, 6) is 1.71. The van der Waals surface area contributed by atoms with Crippen LogP contribution in [0.2, 0.25) is 0 Å². The number of aryl methyl sites for hydroxylation is 1. The zero-order valence-electron chi connectivity index (χ0n) is 10.5. The predicted molar refractivity (Wildman–Crippen MR) is 76.4 cm³/mol. The standard InChI is InChI=1S/C14H18BrNO2/c1-10(15)8-16-11(2)3-4-12-5-6-13-14(7-12)18-9-17-13/h5-7,11,16H,1,3-4,8-9H2,2H3. The molecule has 0 aromatic heterocycles. The third kappa shape index (κ3) is 3.75. The molecule has 1 aromatic carbocycles. The number of hydrogen-bond acceptors (Lipinski definition) is 3. The van der Waals surface area contributed by atoms with Crippen molar-refractivity contribution < 1.29 is 9.47 Å². The number of benzene rings is 1. The number of halogens is 1. The second kappa shape index (κ2) is 6.25. The molecule has 3 nitrogen and oxygen atoms in total. The van der Waals surface area contributed by atoms with Gasteiger partial charge in [-0.05, 0) is 37.5 Å². The van der Waals surface area contributed by atoms with Crippen molar-refractivity contribution in [2.24, 2.45) is 0 Å². The van der Waals surface area contributed by atoms with Crippen LogP contribution in [-0.4, -0.2) is 19.4 Å². The van der Waals surface area contributed by atoms with E-state index in [0.29, 0.717) is 12.8 Å². The van der Waals surface area contributed by atoms with Crippen molar-refractivity contribution in [1.82, 2.24) is 5.32 Å². The quantitative estimate of drug-likeness (QED) is 0.875. The maximum atomic E-state index is 5.37. The Morgan fingerprint density at radius 3 is 3.00 bits per heavy atom. The molecule has 0 aliphatic carbocycles. The highest BCUT2D eigenvalue weighted by molar-refractivity contribution is 9.11. The lowest BCUT2D eigenvalue weighted by Crippen LogP contribution is -2.27. The SMILES string of the molecule is C=C(Br)CNC(C)CCc1ccc2c(c1)OCO2. The number of rotatable bonds is 6. The van der Waals surface area contributed by atoms with Gasteiger partial charge >= 0.3 is 0 Å². The molecule has 1 aliphatic rings. The average molecular weight is 312 g/mol. The minimum absolute atomic E-state index is 0.337.